The molecule has 7 nitrogen and oxygen atoms in total. The topological polar surface area (TPSA) is 86.9 Å². The average Bonchev–Trinajstić information content (AvgIpc) is 3.01. The molecule has 1 amide bonds. The summed E-state index contributed by atoms with van der Waals surface area (Å²) < 4.78 is 0. The van der Waals surface area contributed by atoms with Crippen LogP contribution in [-0.2, 0) is 4.79 Å². The Bertz CT molecular complexity index is 599. The molecular weight excluding hydrogens is 298 g/mol. The zero-order valence-electron chi connectivity index (χ0n) is 12.9. The molecule has 1 aromatic rings. The molecule has 7 heteroatoms. The van der Waals surface area contributed by atoms with E-state index in [1.165, 1.54) is 6.07 Å². The van der Waals surface area contributed by atoms with Crippen LogP contribution in [0, 0.1) is 16.0 Å². The Morgan fingerprint density at radius 1 is 1.17 bits per heavy atom. The van der Waals surface area contributed by atoms with Gasteiger partial charge in [0, 0.05) is 38.2 Å². The highest BCUT2D eigenvalue weighted by Crippen LogP contribution is 2.31. The van der Waals surface area contributed by atoms with Crippen LogP contribution in [0.25, 0.3) is 0 Å². The van der Waals surface area contributed by atoms with Gasteiger partial charge < -0.3 is 14.9 Å². The van der Waals surface area contributed by atoms with E-state index in [2.05, 4.69) is 0 Å². The second-order valence-electron chi connectivity index (χ2n) is 6.23. The number of nitrogens with zero attached hydrogens (tertiary/aromatic N) is 3. The van der Waals surface area contributed by atoms with Gasteiger partial charge in [-0.1, -0.05) is 12.1 Å². The van der Waals surface area contributed by atoms with Crippen molar-refractivity contribution >= 4 is 17.3 Å². The third-order valence-electron chi connectivity index (χ3n) is 4.74. The summed E-state index contributed by atoms with van der Waals surface area (Å²) in [4.78, 5) is 27.0. The minimum atomic E-state index is -0.397. The summed E-state index contributed by atoms with van der Waals surface area (Å²) in [7, 11) is 0. The van der Waals surface area contributed by atoms with Crippen molar-refractivity contribution in [2.45, 2.75) is 25.4 Å². The number of para-hydroxylation sites is 2. The van der Waals surface area contributed by atoms with Crippen LogP contribution in [0.5, 0.6) is 0 Å². The molecule has 1 aromatic carbocycles. The van der Waals surface area contributed by atoms with Gasteiger partial charge in [-0.3, -0.25) is 14.9 Å². The van der Waals surface area contributed by atoms with Gasteiger partial charge >= 0.3 is 0 Å². The van der Waals surface area contributed by atoms with Crippen molar-refractivity contribution in [2.24, 2.45) is 5.92 Å². The molecule has 2 aliphatic heterocycles. The quantitative estimate of drug-likeness (QED) is 0.672. The summed E-state index contributed by atoms with van der Waals surface area (Å²) in [5.41, 5.74) is 0.736. The van der Waals surface area contributed by atoms with Crippen molar-refractivity contribution in [3.05, 3.63) is 34.4 Å². The van der Waals surface area contributed by atoms with Crippen molar-refractivity contribution in [3.8, 4) is 0 Å². The van der Waals surface area contributed by atoms with Crippen molar-refractivity contribution in [1.29, 1.82) is 0 Å². The predicted octanol–water partition coefficient (Wildman–Crippen LogP) is 1.40. The summed E-state index contributed by atoms with van der Waals surface area (Å²) in [5, 5.41) is 20.7. The zero-order valence-corrected chi connectivity index (χ0v) is 12.9. The number of carbonyl (C=O) groups excluding carboxylic acids is 1. The number of benzene rings is 1. The predicted molar refractivity (Wildman–Crippen MR) is 85.2 cm³/mol. The van der Waals surface area contributed by atoms with Crippen molar-refractivity contribution in [3.63, 3.8) is 0 Å². The Balaban J connectivity index is 1.63. The largest absolute Gasteiger partial charge is 0.391 e. The highest BCUT2D eigenvalue weighted by molar-refractivity contribution is 5.79. The number of anilines is 1. The van der Waals surface area contributed by atoms with Crippen LogP contribution in [0.2, 0.25) is 0 Å². The third kappa shape index (κ3) is 3.29. The first-order chi connectivity index (χ1) is 11.1. The van der Waals surface area contributed by atoms with E-state index >= 15 is 0 Å². The molecule has 3 rings (SSSR count). The molecule has 0 radical (unpaired) electrons. The molecule has 1 N–H and O–H groups in total. The van der Waals surface area contributed by atoms with Crippen LogP contribution in [0.15, 0.2) is 24.3 Å². The fourth-order valence-corrected chi connectivity index (χ4v) is 3.45. The number of rotatable bonds is 3. The lowest BCUT2D eigenvalue weighted by Crippen LogP contribution is -2.42. The minimum Gasteiger partial charge on any atom is -0.391 e. The summed E-state index contributed by atoms with van der Waals surface area (Å²) in [6.45, 7) is 2.34. The molecule has 23 heavy (non-hydrogen) atoms. The van der Waals surface area contributed by atoms with Gasteiger partial charge in [0.25, 0.3) is 5.69 Å². The van der Waals surface area contributed by atoms with E-state index < -0.39 is 6.10 Å². The van der Waals surface area contributed by atoms with Crippen molar-refractivity contribution < 1.29 is 14.8 Å². The van der Waals surface area contributed by atoms with E-state index in [-0.39, 0.29) is 22.4 Å². The minimum absolute atomic E-state index is 0.0423. The lowest BCUT2D eigenvalue weighted by molar-refractivity contribution is -0.384. The van der Waals surface area contributed by atoms with Crippen molar-refractivity contribution in [1.82, 2.24) is 4.90 Å². The maximum Gasteiger partial charge on any atom is 0.292 e. The summed E-state index contributed by atoms with van der Waals surface area (Å²) in [6.07, 6.45) is 1.64. The molecule has 2 heterocycles. The van der Waals surface area contributed by atoms with Gasteiger partial charge in [0.2, 0.25) is 5.91 Å². The molecule has 2 saturated heterocycles. The molecule has 0 unspecified atom stereocenters. The van der Waals surface area contributed by atoms with E-state index in [9.17, 15) is 20.0 Å². The fraction of sp³-hybridized carbons (Fsp3) is 0.562. The molecule has 0 aliphatic carbocycles. The summed E-state index contributed by atoms with van der Waals surface area (Å²) in [6, 6.07) is 6.73. The third-order valence-corrected chi connectivity index (χ3v) is 4.74. The average molecular weight is 319 g/mol. The van der Waals surface area contributed by atoms with E-state index in [1.807, 2.05) is 4.90 Å². The first kappa shape index (κ1) is 15.7. The molecule has 1 atom stereocenters. The molecular formula is C16H21N3O4. The van der Waals surface area contributed by atoms with E-state index in [1.54, 1.807) is 23.1 Å². The number of aliphatic hydroxyl groups excluding tert-OH is 1. The monoisotopic (exact) mass is 319 g/mol. The number of amides is 1. The number of piperidine rings is 1. The number of hydrogen-bond donors (Lipinski definition) is 1. The lowest BCUT2D eigenvalue weighted by Gasteiger charge is -2.34. The smallest absolute Gasteiger partial charge is 0.292 e. The van der Waals surface area contributed by atoms with Crippen LogP contribution in [0.3, 0.4) is 0 Å². The van der Waals surface area contributed by atoms with E-state index in [0.717, 1.165) is 0 Å². The zero-order chi connectivity index (χ0) is 16.4. The second kappa shape index (κ2) is 6.54. The highest BCUT2D eigenvalue weighted by Gasteiger charge is 2.33. The first-order valence-electron chi connectivity index (χ1n) is 8.01. The SMILES string of the molecule is O=C(C1CCN(c2ccccc2[N+](=O)[O-])CC1)N1CC[C@H](O)C1. The molecule has 2 aliphatic rings. The summed E-state index contributed by atoms with van der Waals surface area (Å²) >= 11 is 0. The number of likely N-dealkylation sites (tertiary alicyclic amines) is 1. The lowest BCUT2D eigenvalue weighted by atomic mass is 9.95. The Labute approximate surface area is 134 Å². The van der Waals surface area contributed by atoms with Crippen LogP contribution >= 0.6 is 0 Å². The first-order valence-corrected chi connectivity index (χ1v) is 8.01. The Morgan fingerprint density at radius 3 is 2.48 bits per heavy atom. The number of nitro groups is 1. The van der Waals surface area contributed by atoms with Gasteiger partial charge in [0.15, 0.2) is 0 Å². The summed E-state index contributed by atoms with van der Waals surface area (Å²) in [5.74, 6) is 0.0723. The Morgan fingerprint density at radius 2 is 1.87 bits per heavy atom. The van der Waals surface area contributed by atoms with Gasteiger partial charge in [-0.25, -0.2) is 0 Å². The molecule has 2 fully saturated rings. The van der Waals surface area contributed by atoms with Crippen LogP contribution in [0.1, 0.15) is 19.3 Å². The number of hydrogen-bond acceptors (Lipinski definition) is 5. The fourth-order valence-electron chi connectivity index (χ4n) is 3.45. The maximum atomic E-state index is 12.5. The van der Waals surface area contributed by atoms with Crippen LogP contribution in [0.4, 0.5) is 11.4 Å². The molecule has 0 spiro atoms. The van der Waals surface area contributed by atoms with Crippen LogP contribution < -0.4 is 4.90 Å². The number of carbonyl (C=O) groups is 1. The van der Waals surface area contributed by atoms with Gasteiger partial charge in [-0.05, 0) is 25.3 Å². The molecule has 0 bridgehead atoms. The van der Waals surface area contributed by atoms with E-state index in [0.29, 0.717) is 51.1 Å². The van der Waals surface area contributed by atoms with Gasteiger partial charge in [0.05, 0.1) is 11.0 Å². The number of β-amino-alcohol motifs (C(OH)–C–C–N with tert-alkyl or cyclic N) is 1. The molecule has 124 valence electrons. The second-order valence-corrected chi connectivity index (χ2v) is 6.23. The van der Waals surface area contributed by atoms with Gasteiger partial charge in [0.1, 0.15) is 5.69 Å². The number of nitro benzene ring substituents is 1. The highest BCUT2D eigenvalue weighted by atomic mass is 16.6. The Kier molecular flexibility index (Phi) is 4.47. The standard InChI is InChI=1S/C16H21N3O4/c20-13-7-10-18(11-13)16(21)12-5-8-17(9-6-12)14-3-1-2-4-15(14)19(22)23/h1-4,12-13,20H,5-11H2/t13-/m0/s1. The molecule has 0 aromatic heterocycles. The number of aliphatic hydroxyl groups is 1. The van der Waals surface area contributed by atoms with E-state index in [4.69, 9.17) is 0 Å². The van der Waals surface area contributed by atoms with Gasteiger partial charge in [-0.2, -0.15) is 0 Å². The maximum absolute atomic E-state index is 12.5. The molecule has 0 saturated carbocycles. The Hall–Kier alpha value is -2.15. The van der Waals surface area contributed by atoms with Gasteiger partial charge in [-0.15, -0.1) is 0 Å². The van der Waals surface area contributed by atoms with Crippen LogP contribution in [-0.4, -0.2) is 53.1 Å². The van der Waals surface area contributed by atoms with Crippen molar-refractivity contribution in [2.75, 3.05) is 31.1 Å². The normalized spacial score (nSPS) is 22.4.